The van der Waals surface area contributed by atoms with Gasteiger partial charge in [-0.15, -0.1) is 0 Å². The quantitative estimate of drug-likeness (QED) is 0.791. The highest BCUT2D eigenvalue weighted by Crippen LogP contribution is 2.25. The van der Waals surface area contributed by atoms with Crippen LogP contribution in [-0.4, -0.2) is 30.1 Å². The summed E-state index contributed by atoms with van der Waals surface area (Å²) in [6.07, 6.45) is 0. The largest absolute Gasteiger partial charge is 0.394 e. The van der Waals surface area contributed by atoms with E-state index in [0.29, 0.717) is 5.56 Å². The Kier molecular flexibility index (Phi) is 3.70. The van der Waals surface area contributed by atoms with Gasteiger partial charge in [-0.2, -0.15) is 0 Å². The van der Waals surface area contributed by atoms with Crippen molar-refractivity contribution in [3.63, 3.8) is 0 Å². The van der Waals surface area contributed by atoms with Crippen molar-refractivity contribution in [1.29, 1.82) is 0 Å². The molecule has 0 heterocycles. The van der Waals surface area contributed by atoms with Crippen LogP contribution in [0, 0.1) is 0 Å². The third-order valence-corrected chi connectivity index (χ3v) is 2.94. The van der Waals surface area contributed by atoms with E-state index in [-0.39, 0.29) is 17.9 Å². The molecule has 0 aromatic heterocycles. The molecule has 0 aliphatic carbocycles. The second-order valence-electron chi connectivity index (χ2n) is 4.60. The fourth-order valence-corrected chi connectivity index (χ4v) is 1.50. The minimum atomic E-state index is -0.383. The van der Waals surface area contributed by atoms with Gasteiger partial charge in [0.25, 0.3) is 0 Å². The first-order chi connectivity index (χ1) is 7.40. The lowest BCUT2D eigenvalue weighted by Crippen LogP contribution is -2.45. The topological polar surface area (TPSA) is 40.5 Å². The van der Waals surface area contributed by atoms with Crippen molar-refractivity contribution in [2.45, 2.75) is 26.3 Å². The lowest BCUT2D eigenvalue weighted by atomic mass is 10.0. The SMILES string of the molecule is CC(=O)c1ccccc1N(C)C(C)(C)CO. The Morgan fingerprint density at radius 2 is 1.94 bits per heavy atom. The fraction of sp³-hybridized carbons (Fsp3) is 0.462. The smallest absolute Gasteiger partial charge is 0.161 e. The van der Waals surface area contributed by atoms with Crippen LogP contribution in [0.2, 0.25) is 0 Å². The summed E-state index contributed by atoms with van der Waals surface area (Å²) in [6, 6.07) is 7.45. The van der Waals surface area contributed by atoms with Gasteiger partial charge in [0.05, 0.1) is 12.1 Å². The minimum Gasteiger partial charge on any atom is -0.394 e. The van der Waals surface area contributed by atoms with Crippen LogP contribution in [-0.2, 0) is 0 Å². The zero-order chi connectivity index (χ0) is 12.3. The molecule has 0 radical (unpaired) electrons. The number of ketones is 1. The number of hydrogen-bond acceptors (Lipinski definition) is 3. The van der Waals surface area contributed by atoms with Crippen LogP contribution in [0.4, 0.5) is 5.69 Å². The Bertz CT molecular complexity index is 385. The maximum Gasteiger partial charge on any atom is 0.161 e. The van der Waals surface area contributed by atoms with Gasteiger partial charge >= 0.3 is 0 Å². The number of para-hydroxylation sites is 1. The van der Waals surface area contributed by atoms with Gasteiger partial charge in [0, 0.05) is 18.3 Å². The number of anilines is 1. The highest BCUT2D eigenvalue weighted by molar-refractivity contribution is 5.99. The van der Waals surface area contributed by atoms with Crippen LogP contribution < -0.4 is 4.90 Å². The summed E-state index contributed by atoms with van der Waals surface area (Å²) in [6.45, 7) is 5.46. The standard InChI is InChI=1S/C13H19NO2/c1-10(16)11-7-5-6-8-12(11)14(4)13(2,3)9-15/h5-8,15H,9H2,1-4H3. The summed E-state index contributed by atoms with van der Waals surface area (Å²) in [5.41, 5.74) is 1.16. The summed E-state index contributed by atoms with van der Waals surface area (Å²) < 4.78 is 0. The van der Waals surface area contributed by atoms with E-state index in [4.69, 9.17) is 0 Å². The molecule has 0 atom stereocenters. The monoisotopic (exact) mass is 221 g/mol. The number of aliphatic hydroxyl groups excluding tert-OH is 1. The summed E-state index contributed by atoms with van der Waals surface area (Å²) >= 11 is 0. The molecule has 0 aliphatic heterocycles. The van der Waals surface area contributed by atoms with Gasteiger partial charge in [-0.05, 0) is 32.9 Å². The Morgan fingerprint density at radius 1 is 1.38 bits per heavy atom. The molecule has 0 unspecified atom stereocenters. The molecular formula is C13H19NO2. The van der Waals surface area contributed by atoms with E-state index < -0.39 is 0 Å². The van der Waals surface area contributed by atoms with Gasteiger partial charge in [-0.25, -0.2) is 0 Å². The third-order valence-electron chi connectivity index (χ3n) is 2.94. The van der Waals surface area contributed by atoms with E-state index in [1.807, 2.05) is 50.1 Å². The third kappa shape index (κ3) is 2.42. The van der Waals surface area contributed by atoms with Gasteiger partial charge in [0.15, 0.2) is 5.78 Å². The number of rotatable bonds is 4. The first-order valence-corrected chi connectivity index (χ1v) is 5.35. The molecule has 1 aromatic rings. The molecule has 0 saturated heterocycles. The summed E-state index contributed by atoms with van der Waals surface area (Å²) in [5, 5.41) is 9.33. The molecule has 0 aliphatic rings. The zero-order valence-corrected chi connectivity index (χ0v) is 10.3. The molecule has 0 fully saturated rings. The average molecular weight is 221 g/mol. The lowest BCUT2D eigenvalue weighted by Gasteiger charge is -2.36. The number of carbonyl (C=O) groups excluding carboxylic acids is 1. The summed E-state index contributed by atoms with van der Waals surface area (Å²) in [5.74, 6) is 0.0381. The van der Waals surface area contributed by atoms with Crippen LogP contribution >= 0.6 is 0 Å². The van der Waals surface area contributed by atoms with Crippen LogP contribution in [0.15, 0.2) is 24.3 Å². The highest BCUT2D eigenvalue weighted by atomic mass is 16.3. The molecule has 0 amide bonds. The zero-order valence-electron chi connectivity index (χ0n) is 10.3. The molecule has 16 heavy (non-hydrogen) atoms. The first-order valence-electron chi connectivity index (χ1n) is 5.35. The molecule has 0 spiro atoms. The summed E-state index contributed by atoms with van der Waals surface area (Å²) in [7, 11) is 1.89. The maximum absolute atomic E-state index is 11.5. The Balaban J connectivity index is 3.18. The molecule has 1 aromatic carbocycles. The number of benzene rings is 1. The maximum atomic E-state index is 11.5. The molecule has 3 heteroatoms. The van der Waals surface area contributed by atoms with E-state index in [0.717, 1.165) is 5.69 Å². The molecule has 3 nitrogen and oxygen atoms in total. The number of likely N-dealkylation sites (N-methyl/N-ethyl adjacent to an activating group) is 1. The van der Waals surface area contributed by atoms with Crippen molar-refractivity contribution in [2.24, 2.45) is 0 Å². The van der Waals surface area contributed by atoms with Crippen molar-refractivity contribution in [3.05, 3.63) is 29.8 Å². The fourth-order valence-electron chi connectivity index (χ4n) is 1.50. The summed E-state index contributed by atoms with van der Waals surface area (Å²) in [4.78, 5) is 13.4. The number of Topliss-reactive ketones (excluding diaryl/α,β-unsaturated/α-hetero) is 1. The van der Waals surface area contributed by atoms with Crippen LogP contribution in [0.1, 0.15) is 31.1 Å². The van der Waals surface area contributed by atoms with Gasteiger partial charge < -0.3 is 10.0 Å². The van der Waals surface area contributed by atoms with E-state index in [1.165, 1.54) is 0 Å². The predicted molar refractivity (Wildman–Crippen MR) is 66.0 cm³/mol. The Hall–Kier alpha value is -1.35. The van der Waals surface area contributed by atoms with Crippen molar-refractivity contribution in [3.8, 4) is 0 Å². The molecular weight excluding hydrogens is 202 g/mol. The predicted octanol–water partition coefficient (Wildman–Crippen LogP) is 2.10. The number of carbonyl (C=O) groups is 1. The second kappa shape index (κ2) is 4.66. The molecule has 0 saturated carbocycles. The van der Waals surface area contributed by atoms with Gasteiger partial charge in [0.1, 0.15) is 0 Å². The minimum absolute atomic E-state index is 0.0374. The van der Waals surface area contributed by atoms with Gasteiger partial charge in [-0.1, -0.05) is 12.1 Å². The molecule has 1 N–H and O–H groups in total. The van der Waals surface area contributed by atoms with E-state index >= 15 is 0 Å². The Labute approximate surface area is 96.7 Å². The number of hydrogen-bond donors (Lipinski definition) is 1. The number of nitrogens with zero attached hydrogens (tertiary/aromatic N) is 1. The van der Waals surface area contributed by atoms with Gasteiger partial charge in [0.2, 0.25) is 0 Å². The normalized spacial score (nSPS) is 11.3. The molecule has 88 valence electrons. The second-order valence-corrected chi connectivity index (χ2v) is 4.60. The van der Waals surface area contributed by atoms with Crippen LogP contribution in [0.5, 0.6) is 0 Å². The van der Waals surface area contributed by atoms with Gasteiger partial charge in [-0.3, -0.25) is 4.79 Å². The Morgan fingerprint density at radius 3 is 2.44 bits per heavy atom. The van der Waals surface area contributed by atoms with Crippen molar-refractivity contribution in [2.75, 3.05) is 18.6 Å². The molecule has 1 rings (SSSR count). The van der Waals surface area contributed by atoms with Crippen LogP contribution in [0.25, 0.3) is 0 Å². The highest BCUT2D eigenvalue weighted by Gasteiger charge is 2.24. The van der Waals surface area contributed by atoms with E-state index in [9.17, 15) is 9.90 Å². The van der Waals surface area contributed by atoms with Crippen molar-refractivity contribution < 1.29 is 9.90 Å². The van der Waals surface area contributed by atoms with E-state index in [1.54, 1.807) is 6.92 Å². The van der Waals surface area contributed by atoms with Crippen molar-refractivity contribution >= 4 is 11.5 Å². The molecule has 0 bridgehead atoms. The lowest BCUT2D eigenvalue weighted by molar-refractivity contribution is 0.101. The van der Waals surface area contributed by atoms with Crippen LogP contribution in [0.3, 0.4) is 0 Å². The van der Waals surface area contributed by atoms with E-state index in [2.05, 4.69) is 0 Å². The average Bonchev–Trinajstić information content (AvgIpc) is 2.28. The first kappa shape index (κ1) is 12.7. The van der Waals surface area contributed by atoms with Crippen molar-refractivity contribution in [1.82, 2.24) is 0 Å². The number of aliphatic hydroxyl groups is 1.